The van der Waals surface area contributed by atoms with Gasteiger partial charge in [0.1, 0.15) is 0 Å². The minimum atomic E-state index is -4.49. The smallest absolute Gasteiger partial charge is 0.352 e. The van der Waals surface area contributed by atoms with Crippen LogP contribution in [0.2, 0.25) is 0 Å². The molecule has 126 valence electrons. The van der Waals surface area contributed by atoms with Crippen molar-refractivity contribution < 1.29 is 22.8 Å². The fourth-order valence-corrected chi connectivity index (χ4v) is 2.69. The summed E-state index contributed by atoms with van der Waals surface area (Å²) in [5.41, 5.74) is 4.17. The second kappa shape index (κ2) is 6.89. The summed E-state index contributed by atoms with van der Waals surface area (Å²) in [6.07, 6.45) is -2.16. The second-order valence-electron chi connectivity index (χ2n) is 5.47. The highest BCUT2D eigenvalue weighted by Crippen LogP contribution is 2.30. The van der Waals surface area contributed by atoms with E-state index in [1.54, 1.807) is 0 Å². The lowest BCUT2D eigenvalue weighted by molar-refractivity contribution is -0.137. The van der Waals surface area contributed by atoms with E-state index in [4.69, 9.17) is 5.73 Å². The molecule has 8 heteroatoms. The van der Waals surface area contributed by atoms with Gasteiger partial charge in [-0.25, -0.2) is 4.79 Å². The summed E-state index contributed by atoms with van der Waals surface area (Å²) >= 11 is 0. The number of hydrogen-bond acceptors (Lipinski definition) is 2. The average Bonchev–Trinajstić information content (AvgIpc) is 2.52. The van der Waals surface area contributed by atoms with E-state index in [-0.39, 0.29) is 18.2 Å². The van der Waals surface area contributed by atoms with Crippen LogP contribution in [0.4, 0.5) is 18.0 Å². The first-order valence-electron chi connectivity index (χ1n) is 7.30. The molecule has 1 aliphatic rings. The van der Waals surface area contributed by atoms with Gasteiger partial charge in [-0.15, -0.1) is 0 Å². The van der Waals surface area contributed by atoms with Gasteiger partial charge in [0.2, 0.25) is 0 Å². The number of piperidine rings is 1. The molecule has 0 aromatic heterocycles. The fraction of sp³-hybridized carbons (Fsp3) is 0.467. The summed E-state index contributed by atoms with van der Waals surface area (Å²) in [5, 5.41) is 2.45. The van der Waals surface area contributed by atoms with Crippen molar-refractivity contribution in [2.45, 2.75) is 31.5 Å². The van der Waals surface area contributed by atoms with Crippen LogP contribution in [0.25, 0.3) is 0 Å². The quantitative estimate of drug-likeness (QED) is 0.893. The second-order valence-corrected chi connectivity index (χ2v) is 5.47. The highest BCUT2D eigenvalue weighted by atomic mass is 19.4. The molecule has 1 heterocycles. The van der Waals surface area contributed by atoms with Crippen LogP contribution in [0, 0.1) is 0 Å². The minimum absolute atomic E-state index is 0.00852. The molecule has 2 rings (SSSR count). The number of nitrogens with two attached hydrogens (primary N) is 1. The molecular weight excluding hydrogens is 311 g/mol. The Balaban J connectivity index is 2.18. The van der Waals surface area contributed by atoms with Crippen LogP contribution in [0.1, 0.15) is 35.2 Å². The molecule has 1 unspecified atom stereocenters. The number of halogens is 3. The summed E-state index contributed by atoms with van der Waals surface area (Å²) in [5.74, 6) is -0.466. The van der Waals surface area contributed by atoms with Crippen LogP contribution in [0.3, 0.4) is 0 Å². The van der Waals surface area contributed by atoms with Gasteiger partial charge < -0.3 is 16.0 Å². The monoisotopic (exact) mass is 329 g/mol. The number of alkyl halides is 3. The first-order valence-corrected chi connectivity index (χ1v) is 7.30. The number of urea groups is 1. The van der Waals surface area contributed by atoms with Gasteiger partial charge in [-0.3, -0.25) is 4.79 Å². The number of primary amides is 1. The van der Waals surface area contributed by atoms with Gasteiger partial charge in [-0.05, 0) is 37.5 Å². The zero-order valence-corrected chi connectivity index (χ0v) is 12.4. The molecule has 3 amide bonds. The molecule has 1 aliphatic heterocycles. The van der Waals surface area contributed by atoms with Crippen LogP contribution in [0.15, 0.2) is 24.3 Å². The van der Waals surface area contributed by atoms with E-state index in [9.17, 15) is 22.8 Å². The van der Waals surface area contributed by atoms with Gasteiger partial charge in [-0.2, -0.15) is 13.2 Å². The molecule has 0 saturated carbocycles. The van der Waals surface area contributed by atoms with Gasteiger partial charge in [0.25, 0.3) is 5.91 Å². The number of carbonyl (C=O) groups excluding carboxylic acids is 2. The first kappa shape index (κ1) is 17.1. The Morgan fingerprint density at radius 3 is 2.70 bits per heavy atom. The largest absolute Gasteiger partial charge is 0.416 e. The van der Waals surface area contributed by atoms with E-state index in [0.717, 1.165) is 25.0 Å². The fourth-order valence-electron chi connectivity index (χ4n) is 2.69. The summed E-state index contributed by atoms with van der Waals surface area (Å²) in [6.45, 7) is 0.639. The Hall–Kier alpha value is -2.25. The molecular formula is C15H18F3N3O2. The Bertz CT molecular complexity index is 590. The van der Waals surface area contributed by atoms with Crippen molar-refractivity contribution in [3.05, 3.63) is 35.4 Å². The van der Waals surface area contributed by atoms with Crippen molar-refractivity contribution in [2.24, 2.45) is 5.73 Å². The minimum Gasteiger partial charge on any atom is -0.352 e. The molecule has 1 atom stereocenters. The molecule has 1 aromatic carbocycles. The Kier molecular flexibility index (Phi) is 5.12. The molecule has 0 aliphatic carbocycles. The van der Waals surface area contributed by atoms with Crippen molar-refractivity contribution >= 4 is 11.9 Å². The lowest BCUT2D eigenvalue weighted by Crippen LogP contribution is -2.50. The van der Waals surface area contributed by atoms with Crippen LogP contribution < -0.4 is 11.1 Å². The number of amides is 3. The maximum absolute atomic E-state index is 12.8. The number of nitrogens with zero attached hydrogens (tertiary/aromatic N) is 1. The first-order chi connectivity index (χ1) is 10.8. The van der Waals surface area contributed by atoms with Gasteiger partial charge in [0, 0.05) is 24.7 Å². The van der Waals surface area contributed by atoms with Crippen LogP contribution >= 0.6 is 0 Å². The van der Waals surface area contributed by atoms with Gasteiger partial charge >= 0.3 is 12.2 Å². The number of hydrogen-bond donors (Lipinski definition) is 2. The summed E-state index contributed by atoms with van der Waals surface area (Å²) < 4.78 is 38.3. The highest BCUT2D eigenvalue weighted by Gasteiger charge is 2.32. The van der Waals surface area contributed by atoms with E-state index in [1.807, 2.05) is 0 Å². The standard InChI is InChI=1S/C15H18F3N3O2/c16-15(17,18)11-5-3-4-10(8-11)13(22)21-7-2-1-6-12(21)9-20-14(19)23/h3-5,8,12H,1-2,6-7,9H2,(H3,19,20,23). The van der Waals surface area contributed by atoms with E-state index >= 15 is 0 Å². The van der Waals surface area contributed by atoms with Crippen molar-refractivity contribution in [2.75, 3.05) is 13.1 Å². The van der Waals surface area contributed by atoms with Crippen LogP contribution in [-0.4, -0.2) is 36.0 Å². The summed E-state index contributed by atoms with van der Waals surface area (Å²) in [6, 6.07) is 3.41. The molecule has 3 N–H and O–H groups in total. The third kappa shape index (κ3) is 4.37. The van der Waals surface area contributed by atoms with Gasteiger partial charge in [0.05, 0.1) is 5.56 Å². The molecule has 0 radical (unpaired) electrons. The summed E-state index contributed by atoms with van der Waals surface area (Å²) in [7, 11) is 0. The van der Waals surface area contributed by atoms with Crippen molar-refractivity contribution in [1.82, 2.24) is 10.2 Å². The molecule has 1 aromatic rings. The Morgan fingerprint density at radius 1 is 1.30 bits per heavy atom. The topological polar surface area (TPSA) is 75.4 Å². The number of carbonyl (C=O) groups is 2. The van der Waals surface area contributed by atoms with E-state index in [2.05, 4.69) is 5.32 Å². The predicted octanol–water partition coefficient (Wildman–Crippen LogP) is 2.37. The molecule has 0 bridgehead atoms. The lowest BCUT2D eigenvalue weighted by Gasteiger charge is -2.36. The maximum atomic E-state index is 12.8. The van der Waals surface area contributed by atoms with Gasteiger partial charge in [0.15, 0.2) is 0 Å². The predicted molar refractivity (Wildman–Crippen MR) is 77.7 cm³/mol. The van der Waals surface area contributed by atoms with E-state index < -0.39 is 23.7 Å². The van der Waals surface area contributed by atoms with Crippen LogP contribution in [0.5, 0.6) is 0 Å². The number of benzene rings is 1. The SMILES string of the molecule is NC(=O)NCC1CCCCN1C(=O)c1cccc(C(F)(F)F)c1. The Morgan fingerprint density at radius 2 is 2.04 bits per heavy atom. The van der Waals surface area contributed by atoms with Gasteiger partial charge in [-0.1, -0.05) is 6.07 Å². The normalized spacial score (nSPS) is 18.6. The third-order valence-corrected chi connectivity index (χ3v) is 3.84. The molecule has 5 nitrogen and oxygen atoms in total. The zero-order valence-electron chi connectivity index (χ0n) is 12.4. The van der Waals surface area contributed by atoms with E-state index in [1.165, 1.54) is 17.0 Å². The molecule has 23 heavy (non-hydrogen) atoms. The third-order valence-electron chi connectivity index (χ3n) is 3.84. The number of rotatable bonds is 3. The number of likely N-dealkylation sites (tertiary alicyclic amines) is 1. The molecule has 0 spiro atoms. The zero-order chi connectivity index (χ0) is 17.0. The van der Waals surface area contributed by atoms with Crippen molar-refractivity contribution in [3.8, 4) is 0 Å². The summed E-state index contributed by atoms with van der Waals surface area (Å²) in [4.78, 5) is 24.9. The molecule has 1 saturated heterocycles. The average molecular weight is 329 g/mol. The van der Waals surface area contributed by atoms with Crippen molar-refractivity contribution in [1.29, 1.82) is 0 Å². The maximum Gasteiger partial charge on any atom is 0.416 e. The Labute approximate surface area is 131 Å². The van der Waals surface area contributed by atoms with E-state index in [0.29, 0.717) is 13.0 Å². The van der Waals surface area contributed by atoms with Crippen molar-refractivity contribution in [3.63, 3.8) is 0 Å². The lowest BCUT2D eigenvalue weighted by atomic mass is 10.00. The highest BCUT2D eigenvalue weighted by molar-refractivity contribution is 5.94. The van der Waals surface area contributed by atoms with Crippen LogP contribution in [-0.2, 0) is 6.18 Å². The number of nitrogens with one attached hydrogen (secondary N) is 1. The molecule has 1 fully saturated rings.